The molecule has 190 valence electrons. The molecule has 0 saturated carbocycles. The summed E-state index contributed by atoms with van der Waals surface area (Å²) in [4.78, 5) is 50.2. The van der Waals surface area contributed by atoms with E-state index in [2.05, 4.69) is 21.2 Å². The van der Waals surface area contributed by atoms with E-state index in [9.17, 15) is 19.2 Å². The predicted molar refractivity (Wildman–Crippen MR) is 141 cm³/mol. The molecule has 1 aliphatic heterocycles. The maximum atomic E-state index is 12.8. The maximum absolute atomic E-state index is 12.8. The first-order chi connectivity index (χ1) is 17.1. The number of benzene rings is 2. The number of methoxy groups -OCH3 is 1. The van der Waals surface area contributed by atoms with Crippen molar-refractivity contribution in [2.45, 2.75) is 6.92 Å². The molecule has 0 unspecified atom stereocenters. The van der Waals surface area contributed by atoms with Gasteiger partial charge in [0.1, 0.15) is 6.54 Å². The third-order valence-corrected chi connectivity index (χ3v) is 6.99. The number of ether oxygens (including phenoxy) is 3. The molecule has 0 aromatic heterocycles. The van der Waals surface area contributed by atoms with Crippen LogP contribution < -0.4 is 14.8 Å². The fourth-order valence-corrected chi connectivity index (χ4v) is 4.54. The number of esters is 1. The van der Waals surface area contributed by atoms with E-state index < -0.39 is 29.6 Å². The molecule has 36 heavy (non-hydrogen) atoms. The molecule has 1 fully saturated rings. The minimum Gasteiger partial charge on any atom is -0.493 e. The van der Waals surface area contributed by atoms with Crippen LogP contribution in [0.2, 0.25) is 10.0 Å². The van der Waals surface area contributed by atoms with Gasteiger partial charge in [-0.2, -0.15) is 0 Å². The van der Waals surface area contributed by atoms with E-state index in [1.807, 2.05) is 0 Å². The molecule has 0 atom stereocenters. The fourth-order valence-electron chi connectivity index (χ4n) is 3.00. The lowest BCUT2D eigenvalue weighted by Crippen LogP contribution is -2.36. The number of amides is 3. The van der Waals surface area contributed by atoms with Crippen molar-refractivity contribution in [1.82, 2.24) is 4.90 Å². The van der Waals surface area contributed by atoms with Crippen LogP contribution in [-0.4, -0.2) is 54.8 Å². The van der Waals surface area contributed by atoms with Gasteiger partial charge in [-0.3, -0.25) is 19.3 Å². The van der Waals surface area contributed by atoms with Crippen LogP contribution in [0.15, 0.2) is 39.7 Å². The van der Waals surface area contributed by atoms with Crippen LogP contribution in [0.1, 0.15) is 12.5 Å². The fraction of sp³-hybridized carbons (Fsp3) is 0.217. The van der Waals surface area contributed by atoms with Crippen molar-refractivity contribution in [2.24, 2.45) is 0 Å². The average molecular weight is 618 g/mol. The largest absolute Gasteiger partial charge is 0.493 e. The van der Waals surface area contributed by atoms with E-state index in [4.69, 9.17) is 37.4 Å². The van der Waals surface area contributed by atoms with Gasteiger partial charge in [0.25, 0.3) is 11.1 Å². The van der Waals surface area contributed by atoms with Gasteiger partial charge in [-0.25, -0.2) is 4.79 Å². The summed E-state index contributed by atoms with van der Waals surface area (Å²) in [6.45, 7) is 1.05. The number of nitrogens with zero attached hydrogens (tertiary/aromatic N) is 1. The molecule has 0 radical (unpaired) electrons. The highest BCUT2D eigenvalue weighted by Crippen LogP contribution is 2.39. The van der Waals surface area contributed by atoms with E-state index in [-0.39, 0.29) is 34.6 Å². The van der Waals surface area contributed by atoms with Crippen LogP contribution in [-0.2, 0) is 19.1 Å². The second-order valence-electron chi connectivity index (χ2n) is 7.07. The number of rotatable bonds is 9. The molecule has 0 spiro atoms. The Kier molecular flexibility index (Phi) is 9.66. The minimum absolute atomic E-state index is 0.0952. The topological polar surface area (TPSA) is 111 Å². The molecule has 1 heterocycles. The second-order valence-corrected chi connectivity index (χ2v) is 9.73. The summed E-state index contributed by atoms with van der Waals surface area (Å²) in [6, 6.07) is 7.84. The SMILES string of the molecule is CCOC(=O)COc1c(Cl)cc(/C=C2\SC(=O)N(CC(=O)Nc3ccc(Br)c(Cl)c3)C2=O)cc1OC. The average Bonchev–Trinajstić information content (AvgIpc) is 3.07. The number of halogens is 3. The first-order valence-corrected chi connectivity index (χ1v) is 12.7. The Hall–Kier alpha value is -2.73. The van der Waals surface area contributed by atoms with Gasteiger partial charge in [0.05, 0.1) is 28.7 Å². The lowest BCUT2D eigenvalue weighted by atomic mass is 10.1. The van der Waals surface area contributed by atoms with Crippen molar-refractivity contribution < 1.29 is 33.4 Å². The maximum Gasteiger partial charge on any atom is 0.344 e. The summed E-state index contributed by atoms with van der Waals surface area (Å²) in [5.41, 5.74) is 0.863. The molecule has 1 aliphatic rings. The zero-order valence-electron chi connectivity index (χ0n) is 18.9. The number of carbonyl (C=O) groups excluding carboxylic acids is 4. The van der Waals surface area contributed by atoms with Crippen molar-refractivity contribution in [3.8, 4) is 11.5 Å². The summed E-state index contributed by atoms with van der Waals surface area (Å²) in [5.74, 6) is -1.43. The number of hydrogen-bond acceptors (Lipinski definition) is 8. The highest BCUT2D eigenvalue weighted by atomic mass is 79.9. The Morgan fingerprint density at radius 1 is 1.17 bits per heavy atom. The third-order valence-electron chi connectivity index (χ3n) is 4.57. The third kappa shape index (κ3) is 6.94. The van der Waals surface area contributed by atoms with E-state index in [1.54, 1.807) is 19.1 Å². The van der Waals surface area contributed by atoms with Gasteiger partial charge in [0.2, 0.25) is 5.91 Å². The van der Waals surface area contributed by atoms with Crippen LogP contribution in [0.25, 0.3) is 6.08 Å². The number of imide groups is 1. The Morgan fingerprint density at radius 2 is 1.92 bits per heavy atom. The minimum atomic E-state index is -0.633. The van der Waals surface area contributed by atoms with Crippen molar-refractivity contribution in [3.05, 3.63) is 55.3 Å². The summed E-state index contributed by atoms with van der Waals surface area (Å²) in [6.07, 6.45) is 1.45. The summed E-state index contributed by atoms with van der Waals surface area (Å²) < 4.78 is 16.2. The Morgan fingerprint density at radius 3 is 2.58 bits per heavy atom. The molecule has 1 N–H and O–H groups in total. The van der Waals surface area contributed by atoms with Crippen molar-refractivity contribution in [1.29, 1.82) is 0 Å². The Labute approximate surface area is 229 Å². The van der Waals surface area contributed by atoms with Gasteiger partial charge in [-0.1, -0.05) is 23.2 Å². The number of nitrogens with one attached hydrogen (secondary N) is 1. The highest BCUT2D eigenvalue weighted by molar-refractivity contribution is 9.10. The summed E-state index contributed by atoms with van der Waals surface area (Å²) >= 11 is 16.3. The van der Waals surface area contributed by atoms with Crippen LogP contribution in [0.4, 0.5) is 10.5 Å². The molecule has 1 saturated heterocycles. The van der Waals surface area contributed by atoms with Crippen molar-refractivity contribution in [3.63, 3.8) is 0 Å². The molecule has 0 aliphatic carbocycles. The molecule has 2 aromatic rings. The molecule has 3 rings (SSSR count). The molecule has 0 bridgehead atoms. The molecule has 9 nitrogen and oxygen atoms in total. The second kappa shape index (κ2) is 12.5. The highest BCUT2D eigenvalue weighted by Gasteiger charge is 2.36. The first-order valence-electron chi connectivity index (χ1n) is 10.3. The number of anilines is 1. The summed E-state index contributed by atoms with van der Waals surface area (Å²) in [5, 5.41) is 2.52. The standard InChI is InChI=1S/C23H19BrCl2N2O7S/c1-3-34-20(30)11-35-21-16(26)6-12(7-17(21)33-2)8-18-22(31)28(23(32)36-18)10-19(29)27-13-4-5-14(24)15(25)9-13/h4-9H,3,10-11H2,1-2H3,(H,27,29)/b18-8-. The zero-order valence-corrected chi connectivity index (χ0v) is 22.8. The van der Waals surface area contributed by atoms with Crippen LogP contribution in [0.3, 0.4) is 0 Å². The summed E-state index contributed by atoms with van der Waals surface area (Å²) in [7, 11) is 1.39. The Bertz CT molecular complexity index is 1260. The smallest absolute Gasteiger partial charge is 0.344 e. The molecule has 13 heteroatoms. The predicted octanol–water partition coefficient (Wildman–Crippen LogP) is 5.38. The number of thioether (sulfide) groups is 1. The van der Waals surface area contributed by atoms with Crippen molar-refractivity contribution >= 4 is 85.7 Å². The first kappa shape index (κ1) is 27.9. The monoisotopic (exact) mass is 616 g/mol. The van der Waals surface area contributed by atoms with Gasteiger partial charge in [0.15, 0.2) is 18.1 Å². The van der Waals surface area contributed by atoms with Gasteiger partial charge in [-0.05, 0) is 76.6 Å². The van der Waals surface area contributed by atoms with Gasteiger partial charge in [0, 0.05) is 10.2 Å². The van der Waals surface area contributed by atoms with E-state index in [0.29, 0.717) is 32.5 Å². The van der Waals surface area contributed by atoms with Crippen LogP contribution in [0.5, 0.6) is 11.5 Å². The van der Waals surface area contributed by atoms with Crippen LogP contribution in [0, 0.1) is 0 Å². The molecular formula is C23H19BrCl2N2O7S. The van der Waals surface area contributed by atoms with E-state index in [0.717, 1.165) is 4.90 Å². The number of carbonyl (C=O) groups is 4. The lowest BCUT2D eigenvalue weighted by molar-refractivity contribution is -0.145. The normalized spacial score (nSPS) is 14.2. The van der Waals surface area contributed by atoms with E-state index >= 15 is 0 Å². The van der Waals surface area contributed by atoms with Crippen molar-refractivity contribution in [2.75, 3.05) is 32.2 Å². The zero-order chi connectivity index (χ0) is 26.4. The Balaban J connectivity index is 1.72. The molecular weight excluding hydrogens is 599 g/mol. The van der Waals surface area contributed by atoms with Gasteiger partial charge in [-0.15, -0.1) is 0 Å². The number of hydrogen-bond donors (Lipinski definition) is 1. The van der Waals surface area contributed by atoms with E-state index in [1.165, 1.54) is 31.4 Å². The molecule has 2 aromatic carbocycles. The quantitative estimate of drug-likeness (QED) is 0.295. The molecule has 3 amide bonds. The van der Waals surface area contributed by atoms with Crippen LogP contribution >= 0.6 is 50.9 Å². The van der Waals surface area contributed by atoms with Gasteiger partial charge < -0.3 is 19.5 Å². The van der Waals surface area contributed by atoms with Gasteiger partial charge >= 0.3 is 5.97 Å². The lowest BCUT2D eigenvalue weighted by Gasteiger charge is -2.13.